The van der Waals surface area contributed by atoms with Crippen LogP contribution in [0.25, 0.3) is 0 Å². The number of hydrogen-bond acceptors (Lipinski definition) is 4. The van der Waals surface area contributed by atoms with Gasteiger partial charge in [0.25, 0.3) is 0 Å². The topological polar surface area (TPSA) is 93.4 Å². The Morgan fingerprint density at radius 1 is 1.50 bits per heavy atom. The zero-order valence-electron chi connectivity index (χ0n) is 9.87. The molecule has 1 saturated heterocycles. The summed E-state index contributed by atoms with van der Waals surface area (Å²) >= 11 is 0. The van der Waals surface area contributed by atoms with Crippen molar-refractivity contribution in [2.24, 2.45) is 5.73 Å². The fourth-order valence-corrected chi connectivity index (χ4v) is 1.54. The Hall–Kier alpha value is -1.14. The Kier molecular flexibility index (Phi) is 3.88. The third-order valence-electron chi connectivity index (χ3n) is 2.79. The fraction of sp³-hybridized carbons (Fsp3) is 0.800. The molecule has 0 aromatic carbocycles. The SMILES string of the molecule is COC1CNC(C(=O)NC(C)(C)C(N)=O)C1. The first-order chi connectivity index (χ1) is 7.36. The third-order valence-corrected chi connectivity index (χ3v) is 2.79. The minimum Gasteiger partial charge on any atom is -0.380 e. The number of methoxy groups -OCH3 is 1. The van der Waals surface area contributed by atoms with Gasteiger partial charge in [0, 0.05) is 13.7 Å². The van der Waals surface area contributed by atoms with Gasteiger partial charge in [0.2, 0.25) is 11.8 Å². The van der Waals surface area contributed by atoms with Gasteiger partial charge < -0.3 is 21.1 Å². The van der Waals surface area contributed by atoms with Crippen LogP contribution >= 0.6 is 0 Å². The van der Waals surface area contributed by atoms with Crippen LogP contribution in [0.2, 0.25) is 0 Å². The quantitative estimate of drug-likeness (QED) is 0.561. The summed E-state index contributed by atoms with van der Waals surface area (Å²) < 4.78 is 5.13. The minimum atomic E-state index is -1.02. The van der Waals surface area contributed by atoms with Gasteiger partial charge in [-0.15, -0.1) is 0 Å². The smallest absolute Gasteiger partial charge is 0.242 e. The lowest BCUT2D eigenvalue weighted by atomic mass is 10.0. The predicted molar refractivity (Wildman–Crippen MR) is 58.6 cm³/mol. The van der Waals surface area contributed by atoms with Crippen LogP contribution in [0, 0.1) is 0 Å². The van der Waals surface area contributed by atoms with E-state index in [1.54, 1.807) is 21.0 Å². The van der Waals surface area contributed by atoms with E-state index in [1.165, 1.54) is 0 Å². The first-order valence-corrected chi connectivity index (χ1v) is 5.25. The molecule has 1 aliphatic rings. The molecule has 2 atom stereocenters. The monoisotopic (exact) mass is 229 g/mol. The van der Waals surface area contributed by atoms with E-state index in [-0.39, 0.29) is 18.1 Å². The number of carbonyl (C=O) groups excluding carboxylic acids is 2. The second-order valence-corrected chi connectivity index (χ2v) is 4.53. The predicted octanol–water partition coefficient (Wildman–Crippen LogP) is -1.26. The first-order valence-electron chi connectivity index (χ1n) is 5.25. The van der Waals surface area contributed by atoms with Crippen LogP contribution in [0.5, 0.6) is 0 Å². The Balaban J connectivity index is 2.51. The summed E-state index contributed by atoms with van der Waals surface area (Å²) in [5, 5.41) is 5.64. The van der Waals surface area contributed by atoms with E-state index < -0.39 is 11.4 Å². The van der Waals surface area contributed by atoms with Crippen LogP contribution in [-0.4, -0.2) is 43.2 Å². The number of nitrogens with two attached hydrogens (primary N) is 1. The number of rotatable bonds is 4. The van der Waals surface area contributed by atoms with Crippen molar-refractivity contribution in [2.45, 2.75) is 38.0 Å². The summed E-state index contributed by atoms with van der Waals surface area (Å²) in [7, 11) is 1.61. The first kappa shape index (κ1) is 12.9. The van der Waals surface area contributed by atoms with Crippen molar-refractivity contribution in [3.8, 4) is 0 Å². The van der Waals surface area contributed by atoms with E-state index in [0.29, 0.717) is 13.0 Å². The van der Waals surface area contributed by atoms with Crippen molar-refractivity contribution in [1.29, 1.82) is 0 Å². The molecule has 2 unspecified atom stereocenters. The molecule has 4 N–H and O–H groups in total. The van der Waals surface area contributed by atoms with Crippen LogP contribution in [0.4, 0.5) is 0 Å². The molecule has 1 heterocycles. The van der Waals surface area contributed by atoms with Crippen LogP contribution in [0.1, 0.15) is 20.3 Å². The zero-order chi connectivity index (χ0) is 12.3. The van der Waals surface area contributed by atoms with Crippen molar-refractivity contribution in [3.05, 3.63) is 0 Å². The maximum Gasteiger partial charge on any atom is 0.242 e. The summed E-state index contributed by atoms with van der Waals surface area (Å²) in [6.45, 7) is 3.80. The summed E-state index contributed by atoms with van der Waals surface area (Å²) in [5.41, 5.74) is 4.15. The number of ether oxygens (including phenoxy) is 1. The molecule has 6 heteroatoms. The van der Waals surface area contributed by atoms with Crippen LogP contribution in [0.3, 0.4) is 0 Å². The summed E-state index contributed by atoms with van der Waals surface area (Å²) in [4.78, 5) is 22.8. The van der Waals surface area contributed by atoms with Gasteiger partial charge >= 0.3 is 0 Å². The number of amides is 2. The second kappa shape index (κ2) is 4.80. The molecule has 1 fully saturated rings. The number of primary amides is 1. The van der Waals surface area contributed by atoms with Gasteiger partial charge in [0.15, 0.2) is 0 Å². The molecule has 0 aromatic heterocycles. The van der Waals surface area contributed by atoms with E-state index in [2.05, 4.69) is 10.6 Å². The second-order valence-electron chi connectivity index (χ2n) is 4.53. The fourth-order valence-electron chi connectivity index (χ4n) is 1.54. The Labute approximate surface area is 94.9 Å². The highest BCUT2D eigenvalue weighted by Gasteiger charge is 2.34. The van der Waals surface area contributed by atoms with Crippen molar-refractivity contribution in [3.63, 3.8) is 0 Å². The Morgan fingerprint density at radius 3 is 2.56 bits per heavy atom. The Bertz CT molecular complexity index is 291. The molecule has 0 bridgehead atoms. The Morgan fingerprint density at radius 2 is 2.12 bits per heavy atom. The van der Waals surface area contributed by atoms with Gasteiger partial charge in [0.1, 0.15) is 5.54 Å². The standard InChI is InChI=1S/C10H19N3O3/c1-10(2,9(11)15)13-8(14)7-4-6(16-3)5-12-7/h6-7,12H,4-5H2,1-3H3,(H2,11,15)(H,13,14). The molecular formula is C10H19N3O3. The maximum atomic E-state index is 11.8. The van der Waals surface area contributed by atoms with Crippen LogP contribution < -0.4 is 16.4 Å². The van der Waals surface area contributed by atoms with E-state index in [9.17, 15) is 9.59 Å². The molecule has 0 saturated carbocycles. The average Bonchev–Trinajstić information content (AvgIpc) is 2.64. The van der Waals surface area contributed by atoms with Crippen molar-refractivity contribution in [1.82, 2.24) is 10.6 Å². The maximum absolute atomic E-state index is 11.8. The number of hydrogen-bond donors (Lipinski definition) is 3. The van der Waals surface area contributed by atoms with Gasteiger partial charge in [0.05, 0.1) is 12.1 Å². The van der Waals surface area contributed by atoms with Gasteiger partial charge in [-0.25, -0.2) is 0 Å². The van der Waals surface area contributed by atoms with E-state index in [0.717, 1.165) is 0 Å². The number of nitrogens with one attached hydrogen (secondary N) is 2. The average molecular weight is 229 g/mol. The highest BCUT2D eigenvalue weighted by molar-refractivity contribution is 5.91. The molecule has 0 aliphatic carbocycles. The molecule has 1 aliphatic heterocycles. The van der Waals surface area contributed by atoms with Gasteiger partial charge in [-0.2, -0.15) is 0 Å². The lowest BCUT2D eigenvalue weighted by Crippen LogP contribution is -2.56. The molecule has 1 rings (SSSR count). The zero-order valence-corrected chi connectivity index (χ0v) is 9.87. The molecule has 16 heavy (non-hydrogen) atoms. The van der Waals surface area contributed by atoms with E-state index in [1.807, 2.05) is 0 Å². The summed E-state index contributed by atoms with van der Waals surface area (Å²) in [6.07, 6.45) is 0.657. The summed E-state index contributed by atoms with van der Waals surface area (Å²) in [5.74, 6) is -0.773. The normalized spacial score (nSPS) is 25.4. The van der Waals surface area contributed by atoms with Crippen molar-refractivity contribution in [2.75, 3.05) is 13.7 Å². The molecule has 92 valence electrons. The highest BCUT2D eigenvalue weighted by atomic mass is 16.5. The highest BCUT2D eigenvalue weighted by Crippen LogP contribution is 2.11. The molecule has 0 aromatic rings. The molecule has 0 spiro atoms. The molecule has 6 nitrogen and oxygen atoms in total. The largest absolute Gasteiger partial charge is 0.380 e. The number of carbonyl (C=O) groups is 2. The minimum absolute atomic E-state index is 0.0486. The van der Waals surface area contributed by atoms with Gasteiger partial charge in [-0.1, -0.05) is 0 Å². The van der Waals surface area contributed by atoms with Crippen LogP contribution in [-0.2, 0) is 14.3 Å². The molecular weight excluding hydrogens is 210 g/mol. The van der Waals surface area contributed by atoms with E-state index in [4.69, 9.17) is 10.5 Å². The van der Waals surface area contributed by atoms with Gasteiger partial charge in [-0.3, -0.25) is 9.59 Å². The third kappa shape index (κ3) is 2.93. The lowest BCUT2D eigenvalue weighted by Gasteiger charge is -2.24. The van der Waals surface area contributed by atoms with Crippen LogP contribution in [0.15, 0.2) is 0 Å². The molecule has 2 amide bonds. The van der Waals surface area contributed by atoms with Crippen molar-refractivity contribution >= 4 is 11.8 Å². The van der Waals surface area contributed by atoms with Gasteiger partial charge in [-0.05, 0) is 20.3 Å². The van der Waals surface area contributed by atoms with Crippen molar-refractivity contribution < 1.29 is 14.3 Å². The molecule has 0 radical (unpaired) electrons. The van der Waals surface area contributed by atoms with E-state index >= 15 is 0 Å². The lowest BCUT2D eigenvalue weighted by molar-refractivity contribution is -0.131. The summed E-state index contributed by atoms with van der Waals surface area (Å²) in [6, 6.07) is -0.316.